The largest absolute Gasteiger partial charge is 0.495 e. The lowest BCUT2D eigenvalue weighted by molar-refractivity contribution is -0.385. The van der Waals surface area contributed by atoms with Gasteiger partial charge in [-0.05, 0) is 18.2 Å². The fourth-order valence-electron chi connectivity index (χ4n) is 1.92. The van der Waals surface area contributed by atoms with Gasteiger partial charge < -0.3 is 9.47 Å². The number of sulfonamides is 1. The zero-order chi connectivity index (χ0) is 17.0. The third kappa shape index (κ3) is 3.51. The molecule has 2 aromatic carbocycles. The summed E-state index contributed by atoms with van der Waals surface area (Å²) in [5.74, 6) is 0.318. The molecule has 0 aromatic heterocycles. The Bertz CT molecular complexity index is 835. The van der Waals surface area contributed by atoms with Gasteiger partial charge in [-0.2, -0.15) is 0 Å². The van der Waals surface area contributed by atoms with Crippen LogP contribution in [-0.4, -0.2) is 27.6 Å². The van der Waals surface area contributed by atoms with E-state index in [1.807, 2.05) is 0 Å². The summed E-state index contributed by atoms with van der Waals surface area (Å²) in [6.45, 7) is 0. The second-order valence-electron chi connectivity index (χ2n) is 4.40. The van der Waals surface area contributed by atoms with Crippen molar-refractivity contribution in [3.63, 3.8) is 0 Å². The van der Waals surface area contributed by atoms with Gasteiger partial charge in [0.15, 0.2) is 0 Å². The van der Waals surface area contributed by atoms with Gasteiger partial charge in [0.25, 0.3) is 15.7 Å². The molecule has 9 heteroatoms. The monoisotopic (exact) mass is 338 g/mol. The van der Waals surface area contributed by atoms with Gasteiger partial charge in [0, 0.05) is 12.1 Å². The zero-order valence-corrected chi connectivity index (χ0v) is 13.2. The number of para-hydroxylation sites is 2. The Kier molecular flexibility index (Phi) is 4.70. The van der Waals surface area contributed by atoms with E-state index in [1.54, 1.807) is 18.2 Å². The highest BCUT2D eigenvalue weighted by molar-refractivity contribution is 7.92. The molecule has 2 rings (SSSR count). The van der Waals surface area contributed by atoms with Crippen molar-refractivity contribution in [3.8, 4) is 11.5 Å². The summed E-state index contributed by atoms with van der Waals surface area (Å²) in [5.41, 5.74) is -0.144. The fourth-order valence-corrected chi connectivity index (χ4v) is 3.18. The normalized spacial score (nSPS) is 10.9. The Morgan fingerprint density at radius 1 is 1.04 bits per heavy atom. The second-order valence-corrected chi connectivity index (χ2v) is 6.05. The van der Waals surface area contributed by atoms with Gasteiger partial charge in [-0.1, -0.05) is 12.1 Å². The Morgan fingerprint density at radius 2 is 1.70 bits per heavy atom. The molecule has 0 amide bonds. The molecular weight excluding hydrogens is 324 g/mol. The third-order valence-corrected chi connectivity index (χ3v) is 4.39. The van der Waals surface area contributed by atoms with E-state index in [-0.39, 0.29) is 22.0 Å². The first kappa shape index (κ1) is 16.6. The van der Waals surface area contributed by atoms with Crippen LogP contribution in [-0.2, 0) is 10.0 Å². The lowest BCUT2D eigenvalue weighted by atomic mass is 10.3. The molecule has 0 spiro atoms. The maximum Gasteiger partial charge on any atom is 0.271 e. The summed E-state index contributed by atoms with van der Waals surface area (Å²) in [5, 5.41) is 10.9. The number of benzene rings is 2. The smallest absolute Gasteiger partial charge is 0.271 e. The van der Waals surface area contributed by atoms with Crippen molar-refractivity contribution in [2.75, 3.05) is 18.9 Å². The van der Waals surface area contributed by atoms with Crippen molar-refractivity contribution in [3.05, 3.63) is 52.6 Å². The van der Waals surface area contributed by atoms with E-state index in [1.165, 1.54) is 32.4 Å². The van der Waals surface area contributed by atoms with Crippen molar-refractivity contribution < 1.29 is 22.8 Å². The van der Waals surface area contributed by atoms with Gasteiger partial charge in [0.05, 0.1) is 24.8 Å². The highest BCUT2D eigenvalue weighted by Gasteiger charge is 2.24. The predicted molar refractivity (Wildman–Crippen MR) is 83.5 cm³/mol. The molecule has 0 aliphatic heterocycles. The summed E-state index contributed by atoms with van der Waals surface area (Å²) in [6.07, 6.45) is 0. The lowest BCUT2D eigenvalue weighted by Gasteiger charge is -2.13. The maximum absolute atomic E-state index is 12.6. The van der Waals surface area contributed by atoms with E-state index in [0.717, 1.165) is 6.07 Å². The van der Waals surface area contributed by atoms with Gasteiger partial charge in [-0.25, -0.2) is 8.42 Å². The molecule has 23 heavy (non-hydrogen) atoms. The van der Waals surface area contributed by atoms with Gasteiger partial charge in [0.2, 0.25) is 0 Å². The SMILES string of the molecule is COc1ccccc1NS(=O)(=O)c1cc([N+](=O)[O-])ccc1OC. The predicted octanol–water partition coefficient (Wildman–Crippen LogP) is 2.41. The van der Waals surface area contributed by atoms with Crippen LogP contribution in [0, 0.1) is 10.1 Å². The number of nitro groups is 1. The molecule has 8 nitrogen and oxygen atoms in total. The summed E-state index contributed by atoms with van der Waals surface area (Å²) < 4.78 is 37.5. The number of hydrogen-bond acceptors (Lipinski definition) is 6. The molecule has 0 radical (unpaired) electrons. The van der Waals surface area contributed by atoms with E-state index >= 15 is 0 Å². The molecule has 0 aliphatic rings. The minimum atomic E-state index is -4.10. The summed E-state index contributed by atoms with van der Waals surface area (Å²) >= 11 is 0. The minimum absolute atomic E-state index is 0.00185. The standard InChI is InChI=1S/C14H14N2O6S/c1-21-12-6-4-3-5-11(12)15-23(19,20)14-9-10(16(17)18)7-8-13(14)22-2/h3-9,15H,1-2H3. The van der Waals surface area contributed by atoms with E-state index in [0.29, 0.717) is 5.75 Å². The zero-order valence-electron chi connectivity index (χ0n) is 12.3. The van der Waals surface area contributed by atoms with Gasteiger partial charge >= 0.3 is 0 Å². The van der Waals surface area contributed by atoms with Crippen LogP contribution in [0.2, 0.25) is 0 Å². The van der Waals surface area contributed by atoms with Crippen LogP contribution >= 0.6 is 0 Å². The van der Waals surface area contributed by atoms with E-state index in [4.69, 9.17) is 9.47 Å². The quantitative estimate of drug-likeness (QED) is 0.640. The molecule has 0 bridgehead atoms. The molecule has 2 aromatic rings. The van der Waals surface area contributed by atoms with E-state index < -0.39 is 14.9 Å². The molecule has 0 saturated carbocycles. The van der Waals surface area contributed by atoms with Crippen LogP contribution < -0.4 is 14.2 Å². The molecule has 0 fully saturated rings. The van der Waals surface area contributed by atoms with Crippen LogP contribution in [0.3, 0.4) is 0 Å². The molecule has 0 aliphatic carbocycles. The van der Waals surface area contributed by atoms with Crippen LogP contribution in [0.1, 0.15) is 0 Å². The summed E-state index contributed by atoms with van der Waals surface area (Å²) in [6, 6.07) is 9.75. The number of nitro benzene ring substituents is 1. The number of ether oxygens (including phenoxy) is 2. The number of nitrogens with one attached hydrogen (secondary N) is 1. The van der Waals surface area contributed by atoms with Crippen molar-refractivity contribution in [1.82, 2.24) is 0 Å². The molecule has 122 valence electrons. The summed E-state index contributed by atoms with van der Waals surface area (Å²) in [7, 11) is -1.42. The number of rotatable bonds is 6. The van der Waals surface area contributed by atoms with E-state index in [9.17, 15) is 18.5 Å². The first-order valence-electron chi connectivity index (χ1n) is 6.37. The fraction of sp³-hybridized carbons (Fsp3) is 0.143. The Hall–Kier alpha value is -2.81. The van der Waals surface area contributed by atoms with Crippen LogP contribution in [0.15, 0.2) is 47.4 Å². The van der Waals surface area contributed by atoms with Crippen LogP contribution in [0.25, 0.3) is 0 Å². The molecule has 0 atom stereocenters. The first-order valence-corrected chi connectivity index (χ1v) is 7.85. The minimum Gasteiger partial charge on any atom is -0.495 e. The van der Waals surface area contributed by atoms with E-state index in [2.05, 4.69) is 4.72 Å². The topological polar surface area (TPSA) is 108 Å². The maximum atomic E-state index is 12.6. The molecule has 0 heterocycles. The van der Waals surface area contributed by atoms with Crippen LogP contribution in [0.5, 0.6) is 11.5 Å². The van der Waals surface area contributed by atoms with Gasteiger partial charge in [-0.15, -0.1) is 0 Å². The summed E-state index contributed by atoms with van der Waals surface area (Å²) in [4.78, 5) is 9.86. The molecule has 0 saturated heterocycles. The number of nitrogens with zero attached hydrogens (tertiary/aromatic N) is 1. The van der Waals surface area contributed by atoms with Crippen molar-refractivity contribution >= 4 is 21.4 Å². The highest BCUT2D eigenvalue weighted by Crippen LogP contribution is 2.32. The van der Waals surface area contributed by atoms with Gasteiger partial charge in [-0.3, -0.25) is 14.8 Å². The highest BCUT2D eigenvalue weighted by atomic mass is 32.2. The average Bonchev–Trinajstić information content (AvgIpc) is 2.54. The number of methoxy groups -OCH3 is 2. The lowest BCUT2D eigenvalue weighted by Crippen LogP contribution is -2.15. The van der Waals surface area contributed by atoms with Crippen molar-refractivity contribution in [2.24, 2.45) is 0 Å². The van der Waals surface area contributed by atoms with Crippen molar-refractivity contribution in [2.45, 2.75) is 4.90 Å². The van der Waals surface area contributed by atoms with Crippen molar-refractivity contribution in [1.29, 1.82) is 0 Å². The Labute approximate surface area is 132 Å². The number of anilines is 1. The number of hydrogen-bond donors (Lipinski definition) is 1. The molecule has 1 N–H and O–H groups in total. The average molecular weight is 338 g/mol. The molecular formula is C14H14N2O6S. The first-order chi connectivity index (χ1) is 10.9. The Morgan fingerprint density at radius 3 is 2.30 bits per heavy atom. The van der Waals surface area contributed by atoms with Gasteiger partial charge in [0.1, 0.15) is 16.4 Å². The van der Waals surface area contributed by atoms with Crippen LogP contribution in [0.4, 0.5) is 11.4 Å². The second kappa shape index (κ2) is 6.53. The number of non-ortho nitro benzene ring substituents is 1. The Balaban J connectivity index is 2.50. The third-order valence-electron chi connectivity index (χ3n) is 3.00. The molecule has 0 unspecified atom stereocenters.